The van der Waals surface area contributed by atoms with Crippen LogP contribution in [0.2, 0.25) is 0 Å². The average molecular weight is 329 g/mol. The van der Waals surface area contributed by atoms with Gasteiger partial charge in [-0.25, -0.2) is 0 Å². The highest BCUT2D eigenvalue weighted by atomic mass is 16.3. The van der Waals surface area contributed by atoms with Crippen LogP contribution in [0.1, 0.15) is 38.2 Å². The molecule has 4 nitrogen and oxygen atoms in total. The Labute approximate surface area is 146 Å². The molecule has 3 aliphatic heterocycles. The van der Waals surface area contributed by atoms with E-state index in [2.05, 4.69) is 45.9 Å². The second-order valence-corrected chi connectivity index (χ2v) is 7.99. The molecule has 0 radical (unpaired) electrons. The number of rotatable bonds is 3. The van der Waals surface area contributed by atoms with Crippen LogP contribution in [0, 0.1) is 0 Å². The molecule has 4 rings (SSSR count). The quantitative estimate of drug-likeness (QED) is 0.922. The standard InChI is InChI=1S/C20H31N3O/c1-16-12-23-15-20(24)11-19(23)14-22(16)13-17-5-7-18(8-6-17)21-9-3-2-4-10-21/h5-8,16,19-20,24H,2-4,9-15H2,1H3/t16-,19+,20+/m0/s1. The lowest BCUT2D eigenvalue weighted by Crippen LogP contribution is -2.54. The summed E-state index contributed by atoms with van der Waals surface area (Å²) in [5.41, 5.74) is 2.80. The molecule has 3 saturated heterocycles. The Balaban J connectivity index is 1.38. The van der Waals surface area contributed by atoms with Gasteiger partial charge >= 0.3 is 0 Å². The van der Waals surface area contributed by atoms with E-state index in [1.165, 1.54) is 43.6 Å². The van der Waals surface area contributed by atoms with Crippen molar-refractivity contribution in [1.29, 1.82) is 0 Å². The van der Waals surface area contributed by atoms with Crippen molar-refractivity contribution >= 4 is 5.69 Å². The molecule has 1 N–H and O–H groups in total. The minimum Gasteiger partial charge on any atom is -0.392 e. The molecule has 3 fully saturated rings. The lowest BCUT2D eigenvalue weighted by molar-refractivity contribution is 0.0528. The third-order valence-corrected chi connectivity index (χ3v) is 6.12. The molecule has 0 bridgehead atoms. The molecular weight excluding hydrogens is 298 g/mol. The van der Waals surface area contributed by atoms with Crippen LogP contribution in [0.4, 0.5) is 5.69 Å². The third kappa shape index (κ3) is 3.46. The van der Waals surface area contributed by atoms with Crippen molar-refractivity contribution in [2.45, 2.75) is 57.3 Å². The zero-order chi connectivity index (χ0) is 16.5. The maximum absolute atomic E-state index is 9.91. The van der Waals surface area contributed by atoms with Crippen molar-refractivity contribution in [3.63, 3.8) is 0 Å². The van der Waals surface area contributed by atoms with Gasteiger partial charge in [0.15, 0.2) is 0 Å². The third-order valence-electron chi connectivity index (χ3n) is 6.12. The van der Waals surface area contributed by atoms with Gasteiger partial charge in [-0.1, -0.05) is 12.1 Å². The topological polar surface area (TPSA) is 30.0 Å². The smallest absolute Gasteiger partial charge is 0.0682 e. The summed E-state index contributed by atoms with van der Waals surface area (Å²) in [6.45, 7) is 8.82. The van der Waals surface area contributed by atoms with E-state index in [1.54, 1.807) is 0 Å². The minimum atomic E-state index is -0.119. The molecule has 24 heavy (non-hydrogen) atoms. The van der Waals surface area contributed by atoms with E-state index in [4.69, 9.17) is 0 Å². The fraction of sp³-hybridized carbons (Fsp3) is 0.700. The Bertz CT molecular complexity index is 540. The van der Waals surface area contributed by atoms with Crippen molar-refractivity contribution < 1.29 is 5.11 Å². The van der Waals surface area contributed by atoms with Crippen molar-refractivity contribution in [2.24, 2.45) is 0 Å². The monoisotopic (exact) mass is 329 g/mol. The van der Waals surface area contributed by atoms with Crippen molar-refractivity contribution in [2.75, 3.05) is 37.6 Å². The molecule has 3 heterocycles. The van der Waals surface area contributed by atoms with Gasteiger partial charge in [0.2, 0.25) is 0 Å². The van der Waals surface area contributed by atoms with Gasteiger partial charge in [0, 0.05) is 57.0 Å². The van der Waals surface area contributed by atoms with Gasteiger partial charge in [0.05, 0.1) is 6.10 Å². The Kier molecular flexibility index (Phi) is 4.79. The number of hydrogen-bond donors (Lipinski definition) is 1. The van der Waals surface area contributed by atoms with Crippen molar-refractivity contribution in [1.82, 2.24) is 9.80 Å². The van der Waals surface area contributed by atoms with Gasteiger partial charge in [0.1, 0.15) is 0 Å². The summed E-state index contributed by atoms with van der Waals surface area (Å²) in [6.07, 6.45) is 4.87. The molecule has 0 aromatic heterocycles. The van der Waals surface area contributed by atoms with Gasteiger partial charge in [0.25, 0.3) is 0 Å². The lowest BCUT2D eigenvalue weighted by atomic mass is 10.1. The SMILES string of the molecule is C[C@H]1CN2C[C@H](O)C[C@@H]2CN1Cc1ccc(N2CCCCC2)cc1. The highest BCUT2D eigenvalue weighted by Gasteiger charge is 2.37. The molecule has 3 atom stereocenters. The van der Waals surface area contributed by atoms with Crippen LogP contribution < -0.4 is 4.90 Å². The van der Waals surface area contributed by atoms with E-state index in [-0.39, 0.29) is 6.10 Å². The molecule has 0 amide bonds. The van der Waals surface area contributed by atoms with E-state index in [0.29, 0.717) is 12.1 Å². The van der Waals surface area contributed by atoms with E-state index in [0.717, 1.165) is 32.6 Å². The Hall–Kier alpha value is -1.10. The van der Waals surface area contributed by atoms with Gasteiger partial charge in [-0.05, 0) is 50.3 Å². The number of aliphatic hydroxyl groups excluding tert-OH is 1. The number of piperidine rings is 1. The first-order valence-electron chi connectivity index (χ1n) is 9.69. The highest BCUT2D eigenvalue weighted by molar-refractivity contribution is 5.47. The zero-order valence-corrected chi connectivity index (χ0v) is 14.9. The summed E-state index contributed by atoms with van der Waals surface area (Å²) in [5.74, 6) is 0. The number of piperazine rings is 1. The Morgan fingerprint density at radius 3 is 2.50 bits per heavy atom. The van der Waals surface area contributed by atoms with Gasteiger partial charge in [-0.3, -0.25) is 9.80 Å². The van der Waals surface area contributed by atoms with E-state index in [1.807, 2.05) is 0 Å². The number of nitrogens with zero attached hydrogens (tertiary/aromatic N) is 3. The second-order valence-electron chi connectivity index (χ2n) is 7.99. The number of aliphatic hydroxyl groups is 1. The van der Waals surface area contributed by atoms with Gasteiger partial charge < -0.3 is 10.0 Å². The lowest BCUT2D eigenvalue weighted by Gasteiger charge is -2.42. The Morgan fingerprint density at radius 1 is 1.00 bits per heavy atom. The molecule has 0 saturated carbocycles. The van der Waals surface area contributed by atoms with Crippen LogP contribution in [-0.2, 0) is 6.54 Å². The molecule has 3 aliphatic rings. The number of anilines is 1. The summed E-state index contributed by atoms with van der Waals surface area (Å²) in [7, 11) is 0. The fourth-order valence-electron chi connectivity index (χ4n) is 4.70. The predicted molar refractivity (Wildman–Crippen MR) is 98.4 cm³/mol. The molecule has 1 aromatic carbocycles. The molecule has 0 unspecified atom stereocenters. The number of benzene rings is 1. The average Bonchev–Trinajstić information content (AvgIpc) is 2.95. The maximum atomic E-state index is 9.91. The normalized spacial score (nSPS) is 32.1. The van der Waals surface area contributed by atoms with Crippen LogP contribution in [0.5, 0.6) is 0 Å². The molecule has 1 aromatic rings. The van der Waals surface area contributed by atoms with Crippen LogP contribution in [0.3, 0.4) is 0 Å². The summed E-state index contributed by atoms with van der Waals surface area (Å²) < 4.78 is 0. The zero-order valence-electron chi connectivity index (χ0n) is 14.9. The summed E-state index contributed by atoms with van der Waals surface area (Å²) in [6, 6.07) is 10.3. The van der Waals surface area contributed by atoms with Crippen molar-refractivity contribution in [3.8, 4) is 0 Å². The molecule has 4 heteroatoms. The van der Waals surface area contributed by atoms with E-state index < -0.39 is 0 Å². The van der Waals surface area contributed by atoms with Crippen LogP contribution in [-0.4, -0.2) is 65.8 Å². The maximum Gasteiger partial charge on any atom is 0.0682 e. The second kappa shape index (κ2) is 7.03. The number of fused-ring (bicyclic) bond motifs is 1. The van der Waals surface area contributed by atoms with E-state index >= 15 is 0 Å². The first-order valence-corrected chi connectivity index (χ1v) is 9.69. The molecular formula is C20H31N3O. The Morgan fingerprint density at radius 2 is 1.75 bits per heavy atom. The van der Waals surface area contributed by atoms with Crippen LogP contribution in [0.15, 0.2) is 24.3 Å². The van der Waals surface area contributed by atoms with Gasteiger partial charge in [-0.15, -0.1) is 0 Å². The fourth-order valence-corrected chi connectivity index (χ4v) is 4.70. The first-order chi connectivity index (χ1) is 11.7. The molecule has 132 valence electrons. The van der Waals surface area contributed by atoms with Crippen LogP contribution >= 0.6 is 0 Å². The molecule has 0 spiro atoms. The predicted octanol–water partition coefficient (Wildman–Crippen LogP) is 2.32. The first kappa shape index (κ1) is 16.4. The van der Waals surface area contributed by atoms with Crippen molar-refractivity contribution in [3.05, 3.63) is 29.8 Å². The van der Waals surface area contributed by atoms with Crippen LogP contribution in [0.25, 0.3) is 0 Å². The summed E-state index contributed by atoms with van der Waals surface area (Å²) in [5, 5.41) is 9.91. The summed E-state index contributed by atoms with van der Waals surface area (Å²) in [4.78, 5) is 7.59. The molecule has 0 aliphatic carbocycles. The summed E-state index contributed by atoms with van der Waals surface area (Å²) >= 11 is 0. The highest BCUT2D eigenvalue weighted by Crippen LogP contribution is 2.27. The van der Waals surface area contributed by atoms with E-state index in [9.17, 15) is 5.11 Å². The largest absolute Gasteiger partial charge is 0.392 e. The van der Waals surface area contributed by atoms with Gasteiger partial charge in [-0.2, -0.15) is 0 Å². The number of hydrogen-bond acceptors (Lipinski definition) is 4. The minimum absolute atomic E-state index is 0.119.